The molecule has 1 N–H and O–H groups in total. The third-order valence-electron chi connectivity index (χ3n) is 3.66. The molecule has 2 aromatic carbocycles. The van der Waals surface area contributed by atoms with Crippen LogP contribution >= 0.6 is 0 Å². The van der Waals surface area contributed by atoms with Crippen LogP contribution in [0.25, 0.3) is 11.6 Å². The molecule has 0 saturated heterocycles. The first-order chi connectivity index (χ1) is 11.8. The molecule has 1 amide bonds. The zero-order valence-corrected chi connectivity index (χ0v) is 12.6. The quantitative estimate of drug-likeness (QED) is 0.747. The molecular formula is C19H13N3O2. The van der Waals surface area contributed by atoms with E-state index in [0.29, 0.717) is 17.2 Å². The zero-order valence-electron chi connectivity index (χ0n) is 12.6. The molecule has 0 saturated carbocycles. The first-order valence-electron chi connectivity index (χ1n) is 7.46. The van der Waals surface area contributed by atoms with Crippen molar-refractivity contribution in [2.75, 3.05) is 5.32 Å². The van der Waals surface area contributed by atoms with Gasteiger partial charge in [0.05, 0.1) is 6.20 Å². The van der Waals surface area contributed by atoms with Gasteiger partial charge in [0.25, 0.3) is 5.91 Å². The van der Waals surface area contributed by atoms with Gasteiger partial charge in [-0.2, -0.15) is 0 Å². The molecule has 0 unspecified atom stereocenters. The summed E-state index contributed by atoms with van der Waals surface area (Å²) in [5.74, 6) is 1.01. The molecule has 5 heteroatoms. The molecule has 5 nitrogen and oxygen atoms in total. The van der Waals surface area contributed by atoms with E-state index >= 15 is 0 Å². The fourth-order valence-corrected chi connectivity index (χ4v) is 2.54. The summed E-state index contributed by atoms with van der Waals surface area (Å²) in [4.78, 5) is 20.1. The minimum Gasteiger partial charge on any atom is -0.438 e. The molecule has 0 aliphatic carbocycles. The molecule has 116 valence electrons. The standard InChI is InChI=1S/C19H13N3O2/c23-19-16(15-3-1-2-4-17(15)22-19)11-13-5-7-14(8-6-13)24-18-12-20-9-10-21-18/h1-12H,(H,22,23)/b16-11-. The lowest BCUT2D eigenvalue weighted by molar-refractivity contribution is -0.110. The van der Waals surface area contributed by atoms with Crippen LogP contribution in [0.3, 0.4) is 0 Å². The summed E-state index contributed by atoms with van der Waals surface area (Å²) in [5.41, 5.74) is 3.34. The van der Waals surface area contributed by atoms with E-state index in [1.807, 2.05) is 54.6 Å². The highest BCUT2D eigenvalue weighted by atomic mass is 16.5. The Morgan fingerprint density at radius 1 is 1.00 bits per heavy atom. The molecule has 4 rings (SSSR count). The van der Waals surface area contributed by atoms with Crippen LogP contribution in [0, 0.1) is 0 Å². The molecule has 0 radical (unpaired) electrons. The number of aromatic nitrogens is 2. The molecule has 0 atom stereocenters. The van der Waals surface area contributed by atoms with Crippen molar-refractivity contribution < 1.29 is 9.53 Å². The summed E-state index contributed by atoms with van der Waals surface area (Å²) in [5, 5.41) is 2.86. The number of fused-ring (bicyclic) bond motifs is 1. The fraction of sp³-hybridized carbons (Fsp3) is 0. The summed E-state index contributed by atoms with van der Waals surface area (Å²) in [6.45, 7) is 0. The summed E-state index contributed by atoms with van der Waals surface area (Å²) >= 11 is 0. The Labute approximate surface area is 138 Å². The largest absolute Gasteiger partial charge is 0.438 e. The van der Waals surface area contributed by atoms with Gasteiger partial charge < -0.3 is 10.1 Å². The Hall–Kier alpha value is -3.47. The average molecular weight is 315 g/mol. The van der Waals surface area contributed by atoms with E-state index < -0.39 is 0 Å². The van der Waals surface area contributed by atoms with Gasteiger partial charge in [-0.05, 0) is 29.8 Å². The highest BCUT2D eigenvalue weighted by Crippen LogP contribution is 2.32. The van der Waals surface area contributed by atoms with Gasteiger partial charge in [0.1, 0.15) is 5.75 Å². The van der Waals surface area contributed by atoms with Crippen molar-refractivity contribution in [3.05, 3.63) is 78.2 Å². The van der Waals surface area contributed by atoms with E-state index in [1.165, 1.54) is 0 Å². The highest BCUT2D eigenvalue weighted by Gasteiger charge is 2.23. The Kier molecular flexibility index (Phi) is 3.51. The molecule has 0 fully saturated rings. The molecule has 0 bridgehead atoms. The van der Waals surface area contributed by atoms with Gasteiger partial charge in [-0.25, -0.2) is 4.98 Å². The maximum atomic E-state index is 12.1. The van der Waals surface area contributed by atoms with Crippen molar-refractivity contribution >= 4 is 23.2 Å². The number of rotatable bonds is 3. The molecule has 24 heavy (non-hydrogen) atoms. The molecule has 2 heterocycles. The number of carbonyl (C=O) groups is 1. The van der Waals surface area contributed by atoms with E-state index in [9.17, 15) is 4.79 Å². The SMILES string of the molecule is O=C1Nc2ccccc2/C1=C/c1ccc(Oc2cnccn2)cc1. The molecule has 0 spiro atoms. The highest BCUT2D eigenvalue weighted by molar-refractivity contribution is 6.34. The summed E-state index contributed by atoms with van der Waals surface area (Å²) in [6, 6.07) is 15.1. The number of carbonyl (C=O) groups excluding carboxylic acids is 1. The normalized spacial score (nSPS) is 14.3. The van der Waals surface area contributed by atoms with Crippen molar-refractivity contribution in [1.82, 2.24) is 9.97 Å². The van der Waals surface area contributed by atoms with Crippen LogP contribution in [-0.4, -0.2) is 15.9 Å². The minimum atomic E-state index is -0.0870. The van der Waals surface area contributed by atoms with Crippen LogP contribution in [0.1, 0.15) is 11.1 Å². The summed E-state index contributed by atoms with van der Waals surface area (Å²) in [6.07, 6.45) is 6.58. The van der Waals surface area contributed by atoms with Gasteiger partial charge in [-0.3, -0.25) is 9.78 Å². The number of ether oxygens (including phenoxy) is 1. The summed E-state index contributed by atoms with van der Waals surface area (Å²) in [7, 11) is 0. The Balaban J connectivity index is 1.59. The molecule has 3 aromatic rings. The lowest BCUT2D eigenvalue weighted by Gasteiger charge is -2.04. The number of anilines is 1. The maximum Gasteiger partial charge on any atom is 0.256 e. The monoisotopic (exact) mass is 315 g/mol. The smallest absolute Gasteiger partial charge is 0.256 e. The zero-order chi connectivity index (χ0) is 16.4. The Morgan fingerprint density at radius 3 is 2.62 bits per heavy atom. The van der Waals surface area contributed by atoms with E-state index in [0.717, 1.165) is 16.8 Å². The number of nitrogens with zero attached hydrogens (tertiary/aromatic N) is 2. The third kappa shape index (κ3) is 2.75. The van der Waals surface area contributed by atoms with Crippen LogP contribution in [0.4, 0.5) is 5.69 Å². The number of benzene rings is 2. The van der Waals surface area contributed by atoms with Crippen LogP contribution in [0.15, 0.2) is 67.1 Å². The lowest BCUT2D eigenvalue weighted by atomic mass is 10.0. The molecule has 1 aromatic heterocycles. The predicted molar refractivity (Wildman–Crippen MR) is 91.5 cm³/mol. The topological polar surface area (TPSA) is 64.1 Å². The van der Waals surface area contributed by atoms with Crippen LogP contribution in [0.2, 0.25) is 0 Å². The number of amides is 1. The second kappa shape index (κ2) is 5.96. The maximum absolute atomic E-state index is 12.1. The van der Waals surface area contributed by atoms with E-state index in [4.69, 9.17) is 4.74 Å². The van der Waals surface area contributed by atoms with Crippen LogP contribution in [0.5, 0.6) is 11.6 Å². The first kappa shape index (κ1) is 14.1. The van der Waals surface area contributed by atoms with Crippen molar-refractivity contribution in [2.45, 2.75) is 0 Å². The number of nitrogens with one attached hydrogen (secondary N) is 1. The minimum absolute atomic E-state index is 0.0870. The van der Waals surface area contributed by atoms with Crippen molar-refractivity contribution in [2.24, 2.45) is 0 Å². The number of para-hydroxylation sites is 1. The summed E-state index contributed by atoms with van der Waals surface area (Å²) < 4.78 is 5.61. The van der Waals surface area contributed by atoms with Crippen LogP contribution in [-0.2, 0) is 4.79 Å². The molecule has 1 aliphatic rings. The molecular weight excluding hydrogens is 302 g/mol. The van der Waals surface area contributed by atoms with Crippen LogP contribution < -0.4 is 10.1 Å². The van der Waals surface area contributed by atoms with Crippen molar-refractivity contribution in [3.63, 3.8) is 0 Å². The van der Waals surface area contributed by atoms with Crippen molar-refractivity contribution in [1.29, 1.82) is 0 Å². The third-order valence-corrected chi connectivity index (χ3v) is 3.66. The predicted octanol–water partition coefficient (Wildman–Crippen LogP) is 3.76. The Bertz CT molecular complexity index is 919. The van der Waals surface area contributed by atoms with Gasteiger partial charge in [-0.15, -0.1) is 0 Å². The fourth-order valence-electron chi connectivity index (χ4n) is 2.54. The second-order valence-electron chi connectivity index (χ2n) is 5.27. The van der Waals surface area contributed by atoms with E-state index in [-0.39, 0.29) is 5.91 Å². The van der Waals surface area contributed by atoms with Gasteiger partial charge in [0.15, 0.2) is 0 Å². The van der Waals surface area contributed by atoms with Gasteiger partial charge >= 0.3 is 0 Å². The van der Waals surface area contributed by atoms with E-state index in [1.54, 1.807) is 18.6 Å². The first-order valence-corrected chi connectivity index (χ1v) is 7.46. The second-order valence-corrected chi connectivity index (χ2v) is 5.27. The van der Waals surface area contributed by atoms with Gasteiger partial charge in [0.2, 0.25) is 5.88 Å². The number of hydrogen-bond acceptors (Lipinski definition) is 4. The Morgan fingerprint density at radius 2 is 1.83 bits per heavy atom. The van der Waals surface area contributed by atoms with Gasteiger partial charge in [-0.1, -0.05) is 30.3 Å². The number of hydrogen-bond donors (Lipinski definition) is 1. The average Bonchev–Trinajstić information content (AvgIpc) is 2.93. The van der Waals surface area contributed by atoms with Gasteiger partial charge in [0, 0.05) is 29.2 Å². The van der Waals surface area contributed by atoms with Crippen molar-refractivity contribution in [3.8, 4) is 11.6 Å². The lowest BCUT2D eigenvalue weighted by Crippen LogP contribution is -2.03. The molecule has 1 aliphatic heterocycles. The van der Waals surface area contributed by atoms with E-state index in [2.05, 4.69) is 15.3 Å².